The topological polar surface area (TPSA) is 120 Å². The SMILES string of the molecule is COc1ccc(Cn2cc(Br)c(C)c(NC(=O)C(Cc3ccc(-n4nnc(C)c4C)cc3)NC(=O)Cc3ccc4ccccc4c3)c2=O)cc1. The summed E-state index contributed by atoms with van der Waals surface area (Å²) in [5.74, 6) is -0.0993. The van der Waals surface area contributed by atoms with Crippen molar-refractivity contribution < 1.29 is 14.3 Å². The molecule has 4 aromatic carbocycles. The number of nitrogens with zero attached hydrogens (tertiary/aromatic N) is 4. The molecule has 10 nitrogen and oxygen atoms in total. The molecule has 11 heteroatoms. The van der Waals surface area contributed by atoms with E-state index in [0.29, 0.717) is 15.8 Å². The molecule has 6 aromatic rings. The average Bonchev–Trinajstić information content (AvgIpc) is 3.46. The van der Waals surface area contributed by atoms with Crippen LogP contribution in [-0.2, 0) is 29.0 Å². The van der Waals surface area contributed by atoms with E-state index in [-0.39, 0.29) is 36.5 Å². The Morgan fingerprint density at radius 2 is 1.56 bits per heavy atom. The van der Waals surface area contributed by atoms with Gasteiger partial charge in [-0.15, -0.1) is 5.10 Å². The van der Waals surface area contributed by atoms with Gasteiger partial charge in [0.05, 0.1) is 37.2 Å². The lowest BCUT2D eigenvalue weighted by Gasteiger charge is -2.20. The van der Waals surface area contributed by atoms with Crippen LogP contribution in [0.25, 0.3) is 16.5 Å². The van der Waals surface area contributed by atoms with Crippen LogP contribution in [0.3, 0.4) is 0 Å². The molecule has 1 atom stereocenters. The number of rotatable bonds is 11. The molecule has 0 saturated carbocycles. The lowest BCUT2D eigenvalue weighted by Crippen LogP contribution is -2.46. The maximum atomic E-state index is 14.0. The van der Waals surface area contributed by atoms with E-state index in [1.165, 1.54) is 4.57 Å². The van der Waals surface area contributed by atoms with Crippen molar-refractivity contribution >= 4 is 44.2 Å². The molecular weight excluding hydrogens is 696 g/mol. The molecular formula is C39H37BrN6O4. The molecule has 0 aliphatic rings. The molecule has 2 aromatic heterocycles. The number of amides is 2. The molecule has 1 unspecified atom stereocenters. The first kappa shape index (κ1) is 34.3. The van der Waals surface area contributed by atoms with E-state index in [0.717, 1.165) is 44.5 Å². The van der Waals surface area contributed by atoms with Crippen molar-refractivity contribution in [2.24, 2.45) is 0 Å². The van der Waals surface area contributed by atoms with Gasteiger partial charge in [0.25, 0.3) is 5.56 Å². The maximum absolute atomic E-state index is 14.0. The van der Waals surface area contributed by atoms with Crippen LogP contribution >= 0.6 is 15.9 Å². The Labute approximate surface area is 298 Å². The summed E-state index contributed by atoms with van der Waals surface area (Å²) in [5.41, 5.74) is 5.49. The quantitative estimate of drug-likeness (QED) is 0.163. The van der Waals surface area contributed by atoms with Gasteiger partial charge >= 0.3 is 0 Å². The second kappa shape index (κ2) is 14.9. The standard InChI is InChI=1S/C39H37BrN6O4/c1-24-34(40)23-45(22-28-12-17-33(50-4)18-13-28)39(49)37(24)42-38(48)35(20-27-10-15-32(16-11-27)46-26(3)25(2)43-44-46)41-36(47)21-29-9-14-30-7-5-6-8-31(30)19-29/h5-19,23,35H,20-22H2,1-4H3,(H,41,47)(H,42,48). The van der Waals surface area contributed by atoms with Crippen LogP contribution in [0.4, 0.5) is 5.69 Å². The third-order valence-electron chi connectivity index (χ3n) is 8.81. The number of nitrogens with one attached hydrogen (secondary N) is 2. The Kier molecular flexibility index (Phi) is 10.2. The number of benzene rings is 4. The van der Waals surface area contributed by atoms with Crippen molar-refractivity contribution in [2.45, 2.75) is 46.2 Å². The zero-order chi connectivity index (χ0) is 35.4. The summed E-state index contributed by atoms with van der Waals surface area (Å²) in [6.07, 6.45) is 1.99. The summed E-state index contributed by atoms with van der Waals surface area (Å²) in [6.45, 7) is 5.90. The number of ether oxygens (including phenoxy) is 1. The first-order valence-electron chi connectivity index (χ1n) is 16.2. The van der Waals surface area contributed by atoms with Crippen molar-refractivity contribution in [2.75, 3.05) is 12.4 Å². The molecule has 0 aliphatic heterocycles. The first-order chi connectivity index (χ1) is 24.1. The minimum atomic E-state index is -0.975. The second-order valence-electron chi connectivity index (χ2n) is 12.3. The number of halogens is 1. The minimum absolute atomic E-state index is 0.0864. The fourth-order valence-electron chi connectivity index (χ4n) is 5.77. The van der Waals surface area contributed by atoms with Crippen molar-refractivity contribution in [3.63, 3.8) is 0 Å². The zero-order valence-electron chi connectivity index (χ0n) is 28.2. The third kappa shape index (κ3) is 7.68. The number of aryl methyl sites for hydroxylation is 1. The normalized spacial score (nSPS) is 11.7. The Hall–Kier alpha value is -5.55. The van der Waals surface area contributed by atoms with Crippen molar-refractivity contribution in [1.29, 1.82) is 0 Å². The van der Waals surface area contributed by atoms with E-state index in [9.17, 15) is 14.4 Å². The van der Waals surface area contributed by atoms with Gasteiger partial charge in [0.15, 0.2) is 0 Å². The van der Waals surface area contributed by atoms with Crippen LogP contribution in [-0.4, -0.2) is 44.5 Å². The van der Waals surface area contributed by atoms with Gasteiger partial charge in [-0.2, -0.15) is 0 Å². The highest BCUT2D eigenvalue weighted by atomic mass is 79.9. The zero-order valence-corrected chi connectivity index (χ0v) is 29.8. The number of pyridine rings is 1. The fraction of sp³-hybridized carbons (Fsp3) is 0.205. The molecule has 2 heterocycles. The molecule has 2 N–H and O–H groups in total. The summed E-state index contributed by atoms with van der Waals surface area (Å²) in [6, 6.07) is 27.9. The van der Waals surface area contributed by atoms with Crippen LogP contribution in [0.15, 0.2) is 106 Å². The molecule has 50 heavy (non-hydrogen) atoms. The van der Waals surface area contributed by atoms with Crippen molar-refractivity contribution in [3.05, 3.63) is 146 Å². The van der Waals surface area contributed by atoms with Gasteiger partial charge in [-0.25, -0.2) is 4.68 Å². The predicted octanol–water partition coefficient (Wildman–Crippen LogP) is 6.24. The number of hydrogen-bond donors (Lipinski definition) is 2. The van der Waals surface area contributed by atoms with Crippen molar-refractivity contribution in [3.8, 4) is 11.4 Å². The average molecular weight is 734 g/mol. The van der Waals surface area contributed by atoms with Crippen molar-refractivity contribution in [1.82, 2.24) is 24.9 Å². The summed E-state index contributed by atoms with van der Waals surface area (Å²) < 4.78 is 9.20. The molecule has 0 bridgehead atoms. The summed E-state index contributed by atoms with van der Waals surface area (Å²) in [4.78, 5) is 41.3. The smallest absolute Gasteiger partial charge is 0.274 e. The van der Waals surface area contributed by atoms with Gasteiger partial charge in [-0.1, -0.05) is 71.9 Å². The van der Waals surface area contributed by atoms with E-state index in [1.807, 2.05) is 105 Å². The molecule has 2 amide bonds. The molecule has 254 valence electrons. The lowest BCUT2D eigenvalue weighted by molar-refractivity contribution is -0.126. The molecule has 0 saturated heterocycles. The summed E-state index contributed by atoms with van der Waals surface area (Å²) in [7, 11) is 1.60. The van der Waals surface area contributed by atoms with E-state index in [4.69, 9.17) is 4.74 Å². The van der Waals surface area contributed by atoms with Crippen LogP contribution < -0.4 is 20.9 Å². The molecule has 6 rings (SSSR count). The summed E-state index contributed by atoms with van der Waals surface area (Å²) >= 11 is 3.56. The minimum Gasteiger partial charge on any atom is -0.497 e. The number of aromatic nitrogens is 4. The molecule has 0 radical (unpaired) electrons. The number of anilines is 1. The fourth-order valence-corrected chi connectivity index (χ4v) is 6.21. The maximum Gasteiger partial charge on any atom is 0.274 e. The van der Waals surface area contributed by atoms with Crippen LogP contribution in [0.5, 0.6) is 5.75 Å². The van der Waals surface area contributed by atoms with Gasteiger partial charge < -0.3 is 19.9 Å². The van der Waals surface area contributed by atoms with E-state index >= 15 is 0 Å². The Morgan fingerprint density at radius 3 is 2.24 bits per heavy atom. The Balaban J connectivity index is 1.26. The van der Waals surface area contributed by atoms with Crippen LogP contribution in [0.2, 0.25) is 0 Å². The van der Waals surface area contributed by atoms with Gasteiger partial charge in [0, 0.05) is 17.1 Å². The highest BCUT2D eigenvalue weighted by Gasteiger charge is 2.24. The second-order valence-corrected chi connectivity index (χ2v) is 13.1. The van der Waals surface area contributed by atoms with Gasteiger partial charge in [0.2, 0.25) is 11.8 Å². The molecule has 0 spiro atoms. The van der Waals surface area contributed by atoms with Crippen LogP contribution in [0, 0.1) is 20.8 Å². The number of fused-ring (bicyclic) bond motifs is 1. The van der Waals surface area contributed by atoms with E-state index in [1.54, 1.807) is 24.9 Å². The predicted molar refractivity (Wildman–Crippen MR) is 198 cm³/mol. The van der Waals surface area contributed by atoms with E-state index < -0.39 is 11.9 Å². The van der Waals surface area contributed by atoms with Gasteiger partial charge in [-0.3, -0.25) is 14.4 Å². The lowest BCUT2D eigenvalue weighted by atomic mass is 10.0. The first-order valence-corrected chi connectivity index (χ1v) is 17.0. The van der Waals surface area contributed by atoms with Gasteiger partial charge in [-0.05, 0) is 94.0 Å². The highest BCUT2D eigenvalue weighted by molar-refractivity contribution is 9.10. The molecule has 0 aliphatic carbocycles. The highest BCUT2D eigenvalue weighted by Crippen LogP contribution is 2.23. The third-order valence-corrected chi connectivity index (χ3v) is 9.61. The van der Waals surface area contributed by atoms with Gasteiger partial charge in [0.1, 0.15) is 17.5 Å². The number of carbonyl (C=O) groups is 2. The van der Waals surface area contributed by atoms with Crippen LogP contribution in [0.1, 0.15) is 33.6 Å². The number of carbonyl (C=O) groups excluding carboxylic acids is 2. The monoisotopic (exact) mass is 732 g/mol. The Morgan fingerprint density at radius 1 is 0.880 bits per heavy atom. The van der Waals surface area contributed by atoms with E-state index in [2.05, 4.69) is 36.9 Å². The number of hydrogen-bond acceptors (Lipinski definition) is 6. The molecule has 0 fully saturated rings. The Bertz CT molecular complexity index is 2240. The summed E-state index contributed by atoms with van der Waals surface area (Å²) in [5, 5.41) is 16.3. The number of methoxy groups -OCH3 is 1. The largest absolute Gasteiger partial charge is 0.497 e.